The van der Waals surface area contributed by atoms with Crippen molar-refractivity contribution < 1.29 is 9.59 Å². The molecule has 2 amide bonds. The van der Waals surface area contributed by atoms with Crippen LogP contribution in [0.2, 0.25) is 0 Å². The number of hydrogen-bond donors (Lipinski definition) is 1. The fourth-order valence-corrected chi connectivity index (χ4v) is 3.53. The number of nitrogens with zero attached hydrogens (tertiary/aromatic N) is 2. The smallest absolute Gasteiger partial charge is 0.244 e. The van der Waals surface area contributed by atoms with Crippen LogP contribution in [0.5, 0.6) is 0 Å². The second-order valence-electron chi connectivity index (χ2n) is 6.69. The van der Waals surface area contributed by atoms with Gasteiger partial charge in [-0.05, 0) is 37.3 Å². The molecule has 1 aromatic carbocycles. The molecule has 0 bridgehead atoms. The summed E-state index contributed by atoms with van der Waals surface area (Å²) in [6, 6.07) is 7.95. The summed E-state index contributed by atoms with van der Waals surface area (Å²) >= 11 is 0. The fraction of sp³-hybridized carbons (Fsp3) is 0.474. The van der Waals surface area contributed by atoms with E-state index in [1.54, 1.807) is 23.9 Å². The van der Waals surface area contributed by atoms with Crippen molar-refractivity contribution in [3.8, 4) is 0 Å². The predicted molar refractivity (Wildman–Crippen MR) is 94.7 cm³/mol. The zero-order valence-electron chi connectivity index (χ0n) is 14.4. The standard InChI is InChI=1S/C19H25N3O2/c1-21(2)19(24)17-10-6-12-22(17)18(23)11-5-7-14-13-20-16-9-4-3-8-15(14)16/h3-4,8-9,13,17,20H,5-7,10-12H2,1-2H3. The van der Waals surface area contributed by atoms with E-state index in [1.165, 1.54) is 10.9 Å². The zero-order chi connectivity index (χ0) is 17.1. The molecule has 2 aromatic rings. The van der Waals surface area contributed by atoms with Crippen LogP contribution in [0.3, 0.4) is 0 Å². The van der Waals surface area contributed by atoms with Crippen molar-refractivity contribution in [2.24, 2.45) is 0 Å². The molecule has 0 spiro atoms. The maximum atomic E-state index is 12.5. The lowest BCUT2D eigenvalue weighted by atomic mass is 10.1. The Labute approximate surface area is 142 Å². The quantitative estimate of drug-likeness (QED) is 0.917. The van der Waals surface area contributed by atoms with E-state index in [-0.39, 0.29) is 17.9 Å². The monoisotopic (exact) mass is 327 g/mol. The molecule has 0 saturated carbocycles. The van der Waals surface area contributed by atoms with E-state index in [4.69, 9.17) is 0 Å². The highest BCUT2D eigenvalue weighted by Gasteiger charge is 2.34. The van der Waals surface area contributed by atoms with Crippen molar-refractivity contribution in [3.63, 3.8) is 0 Å². The highest BCUT2D eigenvalue weighted by atomic mass is 16.2. The third-order valence-corrected chi connectivity index (χ3v) is 4.81. The van der Waals surface area contributed by atoms with Crippen LogP contribution in [-0.2, 0) is 16.0 Å². The van der Waals surface area contributed by atoms with Gasteiger partial charge in [-0.2, -0.15) is 0 Å². The number of nitrogens with one attached hydrogen (secondary N) is 1. The third-order valence-electron chi connectivity index (χ3n) is 4.81. The molecule has 0 radical (unpaired) electrons. The van der Waals surface area contributed by atoms with Crippen LogP contribution < -0.4 is 0 Å². The van der Waals surface area contributed by atoms with Crippen molar-refractivity contribution in [3.05, 3.63) is 36.0 Å². The first-order valence-corrected chi connectivity index (χ1v) is 8.63. The number of para-hydroxylation sites is 1. The second kappa shape index (κ2) is 7.07. The van der Waals surface area contributed by atoms with Crippen LogP contribution in [0, 0.1) is 0 Å². The summed E-state index contributed by atoms with van der Waals surface area (Å²) in [6.45, 7) is 0.705. The van der Waals surface area contributed by atoms with Crippen molar-refractivity contribution in [2.45, 2.75) is 38.1 Å². The van der Waals surface area contributed by atoms with Crippen LogP contribution in [0.1, 0.15) is 31.2 Å². The van der Waals surface area contributed by atoms with Gasteiger partial charge < -0.3 is 14.8 Å². The molecule has 1 N–H and O–H groups in total. The van der Waals surface area contributed by atoms with Crippen molar-refractivity contribution >= 4 is 22.7 Å². The number of likely N-dealkylation sites (N-methyl/N-ethyl adjacent to an activating group) is 1. The van der Waals surface area contributed by atoms with E-state index in [0.29, 0.717) is 13.0 Å². The second-order valence-corrected chi connectivity index (χ2v) is 6.69. The summed E-state index contributed by atoms with van der Waals surface area (Å²) in [6.07, 6.45) is 5.90. The molecular formula is C19H25N3O2. The van der Waals surface area contributed by atoms with Crippen molar-refractivity contribution in [1.82, 2.24) is 14.8 Å². The van der Waals surface area contributed by atoms with Gasteiger partial charge >= 0.3 is 0 Å². The van der Waals surface area contributed by atoms with Gasteiger partial charge in [-0.3, -0.25) is 9.59 Å². The van der Waals surface area contributed by atoms with Crippen LogP contribution in [0.4, 0.5) is 0 Å². The zero-order valence-corrected chi connectivity index (χ0v) is 14.4. The average molecular weight is 327 g/mol. The van der Waals surface area contributed by atoms with Crippen LogP contribution in [0.15, 0.2) is 30.5 Å². The summed E-state index contributed by atoms with van der Waals surface area (Å²) in [4.78, 5) is 31.3. The Hall–Kier alpha value is -2.30. The SMILES string of the molecule is CN(C)C(=O)C1CCCN1C(=O)CCCc1c[nH]c2ccccc12. The summed E-state index contributed by atoms with van der Waals surface area (Å²) in [5.74, 6) is 0.144. The molecule has 1 fully saturated rings. The van der Waals surface area contributed by atoms with Crippen molar-refractivity contribution in [1.29, 1.82) is 0 Å². The fourth-order valence-electron chi connectivity index (χ4n) is 3.53. The number of carbonyl (C=O) groups is 2. The molecule has 2 heterocycles. The summed E-state index contributed by atoms with van der Waals surface area (Å²) in [5.41, 5.74) is 2.38. The lowest BCUT2D eigenvalue weighted by molar-refractivity contribution is -0.142. The summed E-state index contributed by atoms with van der Waals surface area (Å²) in [5, 5.41) is 1.23. The molecule has 1 aliphatic rings. The number of hydrogen-bond acceptors (Lipinski definition) is 2. The van der Waals surface area contributed by atoms with Gasteiger partial charge in [-0.1, -0.05) is 18.2 Å². The number of fused-ring (bicyclic) bond motifs is 1. The Balaban J connectivity index is 1.56. The highest BCUT2D eigenvalue weighted by molar-refractivity contribution is 5.88. The Morgan fingerprint density at radius 1 is 1.29 bits per heavy atom. The largest absolute Gasteiger partial charge is 0.361 e. The van der Waals surface area contributed by atoms with Gasteiger partial charge in [0.2, 0.25) is 11.8 Å². The first-order chi connectivity index (χ1) is 11.6. The number of carbonyl (C=O) groups excluding carboxylic acids is 2. The van der Waals surface area contributed by atoms with Crippen LogP contribution >= 0.6 is 0 Å². The van der Waals surface area contributed by atoms with Gasteiger partial charge in [-0.15, -0.1) is 0 Å². The Kier molecular flexibility index (Phi) is 4.88. The first-order valence-electron chi connectivity index (χ1n) is 8.63. The topological polar surface area (TPSA) is 56.4 Å². The summed E-state index contributed by atoms with van der Waals surface area (Å²) in [7, 11) is 3.50. The molecule has 3 rings (SSSR count). The molecule has 0 aliphatic carbocycles. The van der Waals surface area contributed by atoms with Gasteiger partial charge in [0.1, 0.15) is 6.04 Å². The number of benzene rings is 1. The van der Waals surface area contributed by atoms with E-state index in [2.05, 4.69) is 17.1 Å². The van der Waals surface area contributed by atoms with Crippen LogP contribution in [-0.4, -0.2) is 53.3 Å². The van der Waals surface area contributed by atoms with E-state index in [9.17, 15) is 9.59 Å². The number of aryl methyl sites for hydroxylation is 1. The van der Waals surface area contributed by atoms with Gasteiger partial charge in [0.15, 0.2) is 0 Å². The highest BCUT2D eigenvalue weighted by Crippen LogP contribution is 2.22. The number of likely N-dealkylation sites (tertiary alicyclic amines) is 1. The third kappa shape index (κ3) is 3.30. The number of amides is 2. The molecule has 1 saturated heterocycles. The molecule has 5 heteroatoms. The van der Waals surface area contributed by atoms with E-state index >= 15 is 0 Å². The number of H-pyrrole nitrogens is 1. The molecule has 1 atom stereocenters. The van der Waals surface area contributed by atoms with Gasteiger partial charge in [0.05, 0.1) is 0 Å². The minimum atomic E-state index is -0.263. The van der Waals surface area contributed by atoms with E-state index < -0.39 is 0 Å². The van der Waals surface area contributed by atoms with E-state index in [0.717, 1.165) is 31.2 Å². The Morgan fingerprint density at radius 2 is 2.08 bits per heavy atom. The predicted octanol–water partition coefficient (Wildman–Crippen LogP) is 2.57. The molecular weight excluding hydrogens is 302 g/mol. The lowest BCUT2D eigenvalue weighted by Gasteiger charge is -2.26. The molecule has 1 aromatic heterocycles. The molecule has 128 valence electrons. The number of aromatic nitrogens is 1. The minimum Gasteiger partial charge on any atom is -0.361 e. The molecule has 1 aliphatic heterocycles. The first kappa shape index (κ1) is 16.6. The van der Waals surface area contributed by atoms with Gasteiger partial charge in [-0.25, -0.2) is 0 Å². The average Bonchev–Trinajstić information content (AvgIpc) is 3.21. The maximum Gasteiger partial charge on any atom is 0.244 e. The normalized spacial score (nSPS) is 17.4. The number of rotatable bonds is 5. The number of aromatic amines is 1. The maximum absolute atomic E-state index is 12.5. The summed E-state index contributed by atoms with van der Waals surface area (Å²) < 4.78 is 0. The van der Waals surface area contributed by atoms with Crippen molar-refractivity contribution in [2.75, 3.05) is 20.6 Å². The molecule has 24 heavy (non-hydrogen) atoms. The molecule has 1 unspecified atom stereocenters. The van der Waals surface area contributed by atoms with Gasteiger partial charge in [0, 0.05) is 44.2 Å². The lowest BCUT2D eigenvalue weighted by Crippen LogP contribution is -2.45. The Morgan fingerprint density at radius 3 is 2.88 bits per heavy atom. The Bertz CT molecular complexity index is 735. The van der Waals surface area contributed by atoms with Crippen LogP contribution in [0.25, 0.3) is 10.9 Å². The van der Waals surface area contributed by atoms with E-state index in [1.807, 2.05) is 18.3 Å². The molecule has 5 nitrogen and oxygen atoms in total. The van der Waals surface area contributed by atoms with Gasteiger partial charge in [0.25, 0.3) is 0 Å². The minimum absolute atomic E-state index is 0.0393.